The molecule has 2 saturated heterocycles. The summed E-state index contributed by atoms with van der Waals surface area (Å²) >= 11 is 5.72. The lowest BCUT2D eigenvalue weighted by Gasteiger charge is -2.23. The number of nitrogens with zero attached hydrogens (tertiary/aromatic N) is 3. The second-order valence-electron chi connectivity index (χ2n) is 6.96. The molecule has 28 heavy (non-hydrogen) atoms. The van der Waals surface area contributed by atoms with Gasteiger partial charge in [-0.25, -0.2) is 0 Å². The molecule has 9 heteroatoms. The Hall–Kier alpha value is -2.10. The third-order valence-electron chi connectivity index (χ3n) is 4.34. The number of hydrogen-bond donors (Lipinski definition) is 1. The van der Waals surface area contributed by atoms with Crippen LogP contribution >= 0.6 is 11.6 Å². The Kier molecular flexibility index (Phi) is 5.56. The lowest BCUT2D eigenvalue weighted by molar-refractivity contribution is -0.228. The third kappa shape index (κ3) is 4.48. The van der Waals surface area contributed by atoms with Crippen LogP contribution in [0, 0.1) is 0 Å². The summed E-state index contributed by atoms with van der Waals surface area (Å²) in [7, 11) is 0. The molecule has 0 unspecified atom stereocenters. The van der Waals surface area contributed by atoms with Crippen LogP contribution in [0.5, 0.6) is 0 Å². The van der Waals surface area contributed by atoms with Gasteiger partial charge in [0.25, 0.3) is 0 Å². The fourth-order valence-electron chi connectivity index (χ4n) is 3.15. The van der Waals surface area contributed by atoms with Crippen molar-refractivity contribution in [3.05, 3.63) is 53.2 Å². The summed E-state index contributed by atoms with van der Waals surface area (Å²) in [5, 5.41) is 12.1. The molecule has 2 aromatic rings. The van der Waals surface area contributed by atoms with Crippen molar-refractivity contribution < 1.29 is 18.9 Å². The Labute approximate surface area is 167 Å². The van der Waals surface area contributed by atoms with Gasteiger partial charge in [-0.3, -0.25) is 5.43 Å². The Balaban J connectivity index is 1.40. The van der Waals surface area contributed by atoms with Gasteiger partial charge < -0.3 is 18.9 Å². The minimum Gasteiger partial charge on any atom is -0.345 e. The van der Waals surface area contributed by atoms with Gasteiger partial charge in [-0.05, 0) is 31.5 Å². The molecule has 0 amide bonds. The van der Waals surface area contributed by atoms with E-state index in [0.717, 1.165) is 5.56 Å². The molecule has 8 nitrogen and oxygen atoms in total. The van der Waals surface area contributed by atoms with Gasteiger partial charge in [0, 0.05) is 0 Å². The molecule has 4 atom stereocenters. The van der Waals surface area contributed by atoms with Crippen molar-refractivity contribution in [3.63, 3.8) is 0 Å². The molecule has 0 radical (unpaired) electrons. The first-order valence-corrected chi connectivity index (χ1v) is 9.33. The predicted molar refractivity (Wildman–Crippen MR) is 103 cm³/mol. The van der Waals surface area contributed by atoms with Crippen molar-refractivity contribution in [2.24, 2.45) is 5.10 Å². The molecular formula is C19H21ClN4O4. The normalized spacial score (nSPS) is 28.5. The lowest BCUT2D eigenvalue weighted by Crippen LogP contribution is -2.31. The zero-order valence-corrected chi connectivity index (χ0v) is 16.2. The topological polar surface area (TPSA) is 87.1 Å². The zero-order chi connectivity index (χ0) is 19.6. The first-order valence-electron chi connectivity index (χ1n) is 8.95. The summed E-state index contributed by atoms with van der Waals surface area (Å²) in [4.78, 5) is 0. The van der Waals surface area contributed by atoms with Crippen LogP contribution in [0.1, 0.15) is 19.4 Å². The van der Waals surface area contributed by atoms with E-state index < -0.39 is 18.2 Å². The van der Waals surface area contributed by atoms with E-state index in [1.807, 2.05) is 44.2 Å². The van der Waals surface area contributed by atoms with E-state index in [9.17, 15) is 0 Å². The van der Waals surface area contributed by atoms with Gasteiger partial charge >= 0.3 is 0 Å². The Morgan fingerprint density at radius 3 is 2.68 bits per heavy atom. The van der Waals surface area contributed by atoms with E-state index in [2.05, 4.69) is 20.7 Å². The van der Waals surface area contributed by atoms with Gasteiger partial charge in [0.1, 0.15) is 18.3 Å². The second kappa shape index (κ2) is 8.10. The van der Waals surface area contributed by atoms with Crippen LogP contribution in [0.15, 0.2) is 47.6 Å². The molecule has 0 saturated carbocycles. The second-order valence-corrected chi connectivity index (χ2v) is 7.35. The quantitative estimate of drug-likeness (QED) is 0.585. The van der Waals surface area contributed by atoms with Crippen LogP contribution in [-0.4, -0.2) is 46.8 Å². The smallest absolute Gasteiger partial charge is 0.187 e. The first-order chi connectivity index (χ1) is 13.5. The van der Waals surface area contributed by atoms with E-state index in [4.69, 9.17) is 30.5 Å². The van der Waals surface area contributed by atoms with Crippen LogP contribution in [0.3, 0.4) is 0 Å². The number of halogens is 1. The van der Waals surface area contributed by atoms with Gasteiger partial charge in [0.15, 0.2) is 23.0 Å². The maximum absolute atomic E-state index is 5.99. The molecule has 1 N–H and O–H groups in total. The number of rotatable bonds is 6. The predicted octanol–water partition coefficient (Wildman–Crippen LogP) is 2.99. The van der Waals surface area contributed by atoms with E-state index in [1.165, 1.54) is 0 Å². The van der Waals surface area contributed by atoms with Crippen LogP contribution in [0.4, 0.5) is 5.82 Å². The molecule has 0 aliphatic carbocycles. The summed E-state index contributed by atoms with van der Waals surface area (Å²) in [6, 6.07) is 13.2. The van der Waals surface area contributed by atoms with Gasteiger partial charge in [0.2, 0.25) is 0 Å². The number of hydrogen-bond acceptors (Lipinski definition) is 8. The molecule has 0 bridgehead atoms. The molecule has 1 aromatic heterocycles. The van der Waals surface area contributed by atoms with Crippen LogP contribution in [0.25, 0.3) is 0 Å². The fourth-order valence-corrected chi connectivity index (χ4v) is 3.25. The SMILES string of the molecule is CC1(C)O[C@H]2[C@H](OCc3ccccc3)O[C@H](C=NNc3ccc(Cl)nn3)[C@H]2O1. The van der Waals surface area contributed by atoms with E-state index in [-0.39, 0.29) is 12.2 Å². The van der Waals surface area contributed by atoms with Gasteiger partial charge in [-0.15, -0.1) is 10.2 Å². The minimum atomic E-state index is -0.714. The third-order valence-corrected chi connectivity index (χ3v) is 4.54. The molecular weight excluding hydrogens is 384 g/mol. The van der Waals surface area contributed by atoms with Crippen molar-refractivity contribution in [1.82, 2.24) is 10.2 Å². The van der Waals surface area contributed by atoms with Gasteiger partial charge in [-0.1, -0.05) is 41.9 Å². The molecule has 2 fully saturated rings. The number of aromatic nitrogens is 2. The van der Waals surface area contributed by atoms with Gasteiger partial charge in [0.05, 0.1) is 12.8 Å². The molecule has 2 aliphatic rings. The zero-order valence-electron chi connectivity index (χ0n) is 15.5. The van der Waals surface area contributed by atoms with E-state index in [0.29, 0.717) is 17.6 Å². The Morgan fingerprint density at radius 1 is 1.14 bits per heavy atom. The molecule has 148 valence electrons. The summed E-state index contributed by atoms with van der Waals surface area (Å²) in [5.74, 6) is -0.245. The summed E-state index contributed by atoms with van der Waals surface area (Å²) in [5.41, 5.74) is 3.85. The first kappa shape index (κ1) is 19.2. The number of anilines is 1. The monoisotopic (exact) mass is 404 g/mol. The molecule has 2 aliphatic heterocycles. The average molecular weight is 405 g/mol. The number of ether oxygens (including phenoxy) is 4. The highest BCUT2D eigenvalue weighted by Crippen LogP contribution is 2.38. The maximum Gasteiger partial charge on any atom is 0.187 e. The van der Waals surface area contributed by atoms with Crippen LogP contribution < -0.4 is 5.43 Å². The van der Waals surface area contributed by atoms with Crippen molar-refractivity contribution in [2.45, 2.75) is 50.8 Å². The van der Waals surface area contributed by atoms with Gasteiger partial charge in [-0.2, -0.15) is 5.10 Å². The average Bonchev–Trinajstić information content (AvgIpc) is 3.16. The number of fused-ring (bicyclic) bond motifs is 1. The number of nitrogens with one attached hydrogen (secondary N) is 1. The molecule has 4 rings (SSSR count). The number of hydrazone groups is 1. The van der Waals surface area contributed by atoms with Crippen molar-refractivity contribution in [3.8, 4) is 0 Å². The van der Waals surface area contributed by atoms with E-state index in [1.54, 1.807) is 18.3 Å². The summed E-state index contributed by atoms with van der Waals surface area (Å²) in [6.07, 6.45) is -0.0351. The van der Waals surface area contributed by atoms with Crippen LogP contribution in [-0.2, 0) is 25.6 Å². The highest BCUT2D eigenvalue weighted by atomic mass is 35.5. The fraction of sp³-hybridized carbons (Fsp3) is 0.421. The summed E-state index contributed by atoms with van der Waals surface area (Å²) < 4.78 is 23.9. The van der Waals surface area contributed by atoms with Crippen molar-refractivity contribution >= 4 is 23.6 Å². The molecule has 3 heterocycles. The minimum absolute atomic E-state index is 0.314. The Bertz CT molecular complexity index is 818. The highest BCUT2D eigenvalue weighted by molar-refractivity contribution is 6.29. The maximum atomic E-state index is 5.99. The standard InChI is InChI=1S/C19H21ClN4O4/c1-19(2)27-16-13(10-21-23-15-9-8-14(20)22-24-15)26-18(17(16)28-19)25-11-12-6-4-3-5-7-12/h3-10,13,16-18H,11H2,1-2H3,(H,23,24)/t13-,16-,17-,18-/m1/s1. The molecule has 1 aromatic carbocycles. The Morgan fingerprint density at radius 2 is 1.93 bits per heavy atom. The molecule has 0 spiro atoms. The highest BCUT2D eigenvalue weighted by Gasteiger charge is 2.55. The van der Waals surface area contributed by atoms with Crippen molar-refractivity contribution in [2.75, 3.05) is 5.43 Å². The van der Waals surface area contributed by atoms with Crippen molar-refractivity contribution in [1.29, 1.82) is 0 Å². The largest absolute Gasteiger partial charge is 0.345 e. The van der Waals surface area contributed by atoms with E-state index >= 15 is 0 Å². The summed E-state index contributed by atoms with van der Waals surface area (Å²) in [6.45, 7) is 4.16. The number of benzene rings is 1. The van der Waals surface area contributed by atoms with Crippen LogP contribution in [0.2, 0.25) is 5.15 Å². The lowest BCUT2D eigenvalue weighted by atomic mass is 10.1.